The minimum atomic E-state index is -0.584. The van der Waals surface area contributed by atoms with Crippen molar-refractivity contribution in [1.82, 2.24) is 0 Å². The number of alkyl halides is 1. The predicted octanol–water partition coefficient (Wildman–Crippen LogP) is 6.16. The van der Waals surface area contributed by atoms with Crippen LogP contribution in [0.15, 0.2) is 86.9 Å². The van der Waals surface area contributed by atoms with E-state index in [1.54, 1.807) is 50.2 Å². The number of benzene rings is 1. The first-order valence-corrected chi connectivity index (χ1v) is 10.0. The van der Waals surface area contributed by atoms with Crippen LogP contribution in [0.4, 0.5) is 10.1 Å². The van der Waals surface area contributed by atoms with Crippen molar-refractivity contribution in [3.8, 4) is 0 Å². The van der Waals surface area contributed by atoms with Crippen LogP contribution in [0.3, 0.4) is 0 Å². The zero-order valence-electron chi connectivity index (χ0n) is 17.4. The van der Waals surface area contributed by atoms with E-state index in [4.69, 9.17) is 0 Å². The molecule has 0 saturated heterocycles. The fourth-order valence-electron chi connectivity index (χ4n) is 2.25. The number of hydrogen-bond acceptors (Lipinski definition) is 4. The van der Waals surface area contributed by atoms with E-state index in [1.165, 1.54) is 6.08 Å². The molecule has 154 valence electrons. The van der Waals surface area contributed by atoms with Crippen LogP contribution in [0.1, 0.15) is 27.2 Å². The van der Waals surface area contributed by atoms with Crippen LogP contribution >= 0.6 is 11.8 Å². The molecule has 1 aromatic rings. The predicted molar refractivity (Wildman–Crippen MR) is 125 cm³/mol. The Morgan fingerprint density at radius 3 is 2.52 bits per heavy atom. The third kappa shape index (κ3) is 8.87. The van der Waals surface area contributed by atoms with Gasteiger partial charge in [0.2, 0.25) is 0 Å². The monoisotopic (exact) mass is 413 g/mol. The number of amides is 1. The molecule has 0 aliphatic rings. The highest BCUT2D eigenvalue weighted by molar-refractivity contribution is 8.13. The minimum absolute atomic E-state index is 0.191. The molecule has 1 rings (SSSR count). The van der Waals surface area contributed by atoms with E-state index in [9.17, 15) is 9.18 Å². The summed E-state index contributed by atoms with van der Waals surface area (Å²) in [5.41, 5.74) is 2.37. The lowest BCUT2D eigenvalue weighted by Crippen LogP contribution is -2.14. The summed E-state index contributed by atoms with van der Waals surface area (Å²) in [6, 6.07) is 7.60. The molecule has 0 aliphatic carbocycles. The van der Waals surface area contributed by atoms with Crippen LogP contribution in [0.5, 0.6) is 0 Å². The van der Waals surface area contributed by atoms with Gasteiger partial charge in [0.15, 0.2) is 0 Å². The van der Waals surface area contributed by atoms with Crippen molar-refractivity contribution in [2.75, 3.05) is 19.0 Å². The third-order valence-electron chi connectivity index (χ3n) is 3.87. The Hall–Kier alpha value is -2.73. The lowest BCUT2D eigenvalue weighted by Gasteiger charge is -2.08. The minimum Gasteiger partial charge on any atom is -0.322 e. The molecular formula is C23H28FN3OS. The van der Waals surface area contributed by atoms with E-state index >= 15 is 0 Å². The SMILES string of the molecule is C=C(N=CC/C(=C\C)C(=O)Nc1ccc(SC(C)=NC)cc1)C(/C=C\C)=C/CF. The Balaban J connectivity index is 2.70. The molecule has 4 nitrogen and oxygen atoms in total. The standard InChI is InChI=1S/C23H28FN3OS/c1-6-8-20(13-15-24)17(3)26-16-14-19(7-2)23(28)27-21-9-11-22(12-10-21)29-18(4)25-5/h6-13,16H,3,14-15H2,1-2,4-5H3,(H,27,28)/b8-6-,19-7+,20-13+,25-18?,26-16?. The summed E-state index contributed by atoms with van der Waals surface area (Å²) in [4.78, 5) is 21.9. The maximum atomic E-state index is 12.6. The zero-order chi connectivity index (χ0) is 21.6. The van der Waals surface area contributed by atoms with Gasteiger partial charge in [-0.2, -0.15) is 0 Å². The van der Waals surface area contributed by atoms with Crippen molar-refractivity contribution in [1.29, 1.82) is 0 Å². The van der Waals surface area contributed by atoms with E-state index in [-0.39, 0.29) is 5.91 Å². The summed E-state index contributed by atoms with van der Waals surface area (Å²) in [6.45, 7) is 8.86. The van der Waals surface area contributed by atoms with Gasteiger partial charge in [0.05, 0.1) is 10.7 Å². The Kier molecular flexibility index (Phi) is 11.3. The van der Waals surface area contributed by atoms with E-state index in [1.807, 2.05) is 38.1 Å². The van der Waals surface area contributed by atoms with Crippen LogP contribution in [-0.4, -0.2) is 30.9 Å². The van der Waals surface area contributed by atoms with Crippen molar-refractivity contribution >= 4 is 34.6 Å². The van der Waals surface area contributed by atoms with Gasteiger partial charge in [0.25, 0.3) is 5.91 Å². The normalized spacial score (nSPS) is 13.3. The first kappa shape index (κ1) is 24.3. The van der Waals surface area contributed by atoms with Crippen molar-refractivity contribution in [2.24, 2.45) is 9.98 Å². The molecule has 0 aliphatic heterocycles. The molecule has 1 N–H and O–H groups in total. The number of allylic oxidation sites excluding steroid dienone is 4. The highest BCUT2D eigenvalue weighted by atomic mass is 32.2. The van der Waals surface area contributed by atoms with Gasteiger partial charge < -0.3 is 5.32 Å². The highest BCUT2D eigenvalue weighted by Crippen LogP contribution is 2.22. The number of anilines is 1. The fourth-order valence-corrected chi connectivity index (χ4v) is 2.95. The Labute approximate surface area is 177 Å². The highest BCUT2D eigenvalue weighted by Gasteiger charge is 2.08. The summed E-state index contributed by atoms with van der Waals surface area (Å²) in [6.07, 6.45) is 8.67. The molecule has 29 heavy (non-hydrogen) atoms. The largest absolute Gasteiger partial charge is 0.322 e. The van der Waals surface area contributed by atoms with E-state index in [2.05, 4.69) is 21.9 Å². The van der Waals surface area contributed by atoms with E-state index in [0.29, 0.717) is 29.0 Å². The molecular weight excluding hydrogens is 385 g/mol. The van der Waals surface area contributed by atoms with Gasteiger partial charge in [0, 0.05) is 35.8 Å². The molecule has 1 aromatic carbocycles. The lowest BCUT2D eigenvalue weighted by atomic mass is 10.1. The van der Waals surface area contributed by atoms with Crippen LogP contribution in [0.25, 0.3) is 0 Å². The lowest BCUT2D eigenvalue weighted by molar-refractivity contribution is -0.112. The summed E-state index contributed by atoms with van der Waals surface area (Å²) >= 11 is 1.57. The summed E-state index contributed by atoms with van der Waals surface area (Å²) in [5, 5.41) is 3.86. The Morgan fingerprint density at radius 2 is 1.97 bits per heavy atom. The summed E-state index contributed by atoms with van der Waals surface area (Å²) in [7, 11) is 1.76. The first-order valence-electron chi connectivity index (χ1n) is 9.23. The molecule has 0 spiro atoms. The molecule has 0 saturated carbocycles. The topological polar surface area (TPSA) is 53.8 Å². The maximum absolute atomic E-state index is 12.6. The number of thioether (sulfide) groups is 1. The van der Waals surface area contributed by atoms with Gasteiger partial charge in [-0.05, 0) is 56.7 Å². The maximum Gasteiger partial charge on any atom is 0.251 e. The number of nitrogens with one attached hydrogen (secondary N) is 1. The summed E-state index contributed by atoms with van der Waals surface area (Å²) in [5.74, 6) is -0.191. The number of nitrogens with zero attached hydrogens (tertiary/aromatic N) is 2. The second-order valence-electron chi connectivity index (χ2n) is 5.91. The first-order chi connectivity index (χ1) is 13.9. The van der Waals surface area contributed by atoms with Gasteiger partial charge in [-0.15, -0.1) is 0 Å². The average molecular weight is 414 g/mol. The number of aliphatic imine (C=N–C) groups is 2. The van der Waals surface area contributed by atoms with Crippen molar-refractivity contribution < 1.29 is 9.18 Å². The smallest absolute Gasteiger partial charge is 0.251 e. The number of rotatable bonds is 9. The molecule has 0 unspecified atom stereocenters. The number of hydrogen-bond donors (Lipinski definition) is 1. The quantitative estimate of drug-likeness (QED) is 0.173. The number of halogens is 1. The fraction of sp³-hybridized carbons (Fsp3) is 0.261. The number of carbonyl (C=O) groups excluding carboxylic acids is 1. The molecule has 0 fully saturated rings. The van der Waals surface area contributed by atoms with E-state index in [0.717, 1.165) is 9.94 Å². The summed E-state index contributed by atoms with van der Waals surface area (Å²) < 4.78 is 12.6. The Morgan fingerprint density at radius 1 is 1.28 bits per heavy atom. The molecule has 0 aromatic heterocycles. The molecule has 1 amide bonds. The molecule has 0 heterocycles. The molecule has 0 atom stereocenters. The van der Waals surface area contributed by atoms with Gasteiger partial charge in [-0.3, -0.25) is 14.8 Å². The Bertz CT molecular complexity index is 849. The molecule has 0 bridgehead atoms. The van der Waals surface area contributed by atoms with Crippen LogP contribution in [-0.2, 0) is 4.79 Å². The molecule has 0 radical (unpaired) electrons. The van der Waals surface area contributed by atoms with Gasteiger partial charge in [-0.1, -0.05) is 36.6 Å². The van der Waals surface area contributed by atoms with Gasteiger partial charge in [-0.25, -0.2) is 4.39 Å². The van der Waals surface area contributed by atoms with Crippen molar-refractivity contribution in [2.45, 2.75) is 32.1 Å². The number of carbonyl (C=O) groups is 1. The average Bonchev–Trinajstić information content (AvgIpc) is 2.72. The second-order valence-corrected chi connectivity index (χ2v) is 7.18. The van der Waals surface area contributed by atoms with Crippen LogP contribution < -0.4 is 5.32 Å². The van der Waals surface area contributed by atoms with E-state index < -0.39 is 6.67 Å². The van der Waals surface area contributed by atoms with Crippen molar-refractivity contribution in [3.05, 3.63) is 72.0 Å². The molecule has 6 heteroatoms. The van der Waals surface area contributed by atoms with Crippen LogP contribution in [0, 0.1) is 0 Å². The van der Waals surface area contributed by atoms with Gasteiger partial charge in [0.1, 0.15) is 6.67 Å². The van der Waals surface area contributed by atoms with Crippen molar-refractivity contribution in [3.63, 3.8) is 0 Å². The van der Waals surface area contributed by atoms with Crippen LogP contribution in [0.2, 0.25) is 0 Å². The second kappa shape index (κ2) is 13.4. The van der Waals surface area contributed by atoms with Gasteiger partial charge >= 0.3 is 0 Å². The zero-order valence-corrected chi connectivity index (χ0v) is 18.2. The third-order valence-corrected chi connectivity index (χ3v) is 4.85.